The van der Waals surface area contributed by atoms with Gasteiger partial charge in [-0.3, -0.25) is 0 Å². The summed E-state index contributed by atoms with van der Waals surface area (Å²) in [6.07, 6.45) is 1.12. The molecule has 1 atom stereocenters. The maximum absolute atomic E-state index is 12.4. The van der Waals surface area contributed by atoms with Gasteiger partial charge in [-0.05, 0) is 57.7 Å². The number of likely N-dealkylation sites (tertiary alicyclic amines) is 1. The minimum Gasteiger partial charge on any atom is -0.485 e. The topological polar surface area (TPSA) is 48.0 Å². The highest BCUT2D eigenvalue weighted by Crippen LogP contribution is 2.45. The van der Waals surface area contributed by atoms with Crippen molar-refractivity contribution in [3.63, 3.8) is 0 Å². The Kier molecular flexibility index (Phi) is 6.27. The second kappa shape index (κ2) is 8.79. The molecule has 2 aromatic carbocycles. The molecule has 0 aliphatic carbocycles. The van der Waals surface area contributed by atoms with E-state index in [4.69, 9.17) is 37.4 Å². The predicted molar refractivity (Wildman–Crippen MR) is 122 cm³/mol. The molecule has 2 aliphatic rings. The molecule has 5 nitrogen and oxygen atoms in total. The van der Waals surface area contributed by atoms with Crippen LogP contribution in [0.5, 0.6) is 11.5 Å². The van der Waals surface area contributed by atoms with Gasteiger partial charge in [0.25, 0.3) is 0 Å². The molecule has 2 heterocycles. The summed E-state index contributed by atoms with van der Waals surface area (Å²) in [6, 6.07) is 11.4. The second-order valence-corrected chi connectivity index (χ2v) is 9.84. The van der Waals surface area contributed by atoms with Gasteiger partial charge in [-0.1, -0.05) is 41.4 Å². The number of ether oxygens (including phenoxy) is 3. The van der Waals surface area contributed by atoms with E-state index in [0.717, 1.165) is 35.5 Å². The van der Waals surface area contributed by atoms with E-state index in [1.165, 1.54) is 0 Å². The molecule has 166 valence electrons. The van der Waals surface area contributed by atoms with E-state index in [-0.39, 0.29) is 18.1 Å². The Balaban J connectivity index is 1.49. The van der Waals surface area contributed by atoms with E-state index in [2.05, 4.69) is 6.07 Å². The molecular weight excluding hydrogens is 437 g/mol. The zero-order valence-electron chi connectivity index (χ0n) is 18.0. The molecule has 1 fully saturated rings. The van der Waals surface area contributed by atoms with E-state index >= 15 is 0 Å². The number of rotatable bonds is 2. The van der Waals surface area contributed by atoms with Crippen molar-refractivity contribution in [1.29, 1.82) is 0 Å². The largest absolute Gasteiger partial charge is 0.485 e. The first-order valence-corrected chi connectivity index (χ1v) is 11.3. The van der Waals surface area contributed by atoms with E-state index in [9.17, 15) is 4.79 Å². The third-order valence-electron chi connectivity index (χ3n) is 5.56. The molecule has 1 amide bonds. The summed E-state index contributed by atoms with van der Waals surface area (Å²) in [6.45, 7) is 7.33. The summed E-state index contributed by atoms with van der Waals surface area (Å²) in [5.74, 6) is 1.78. The standard InChI is InChI=1S/C24H27Cl2NO4/c1-24(2,3)31-23(28)27-11-9-15(10-12-27)17-5-4-6-20-22(17)30-21(14-29-20)18-8-7-16(25)13-19(18)26/h4-8,13,15,21H,9-12,14H2,1-3H3/t21-/m0/s1. The monoisotopic (exact) mass is 463 g/mol. The van der Waals surface area contributed by atoms with Gasteiger partial charge in [-0.15, -0.1) is 0 Å². The van der Waals surface area contributed by atoms with Crippen molar-refractivity contribution in [2.75, 3.05) is 19.7 Å². The Labute approximate surface area is 193 Å². The van der Waals surface area contributed by atoms with Crippen LogP contribution in [0.25, 0.3) is 0 Å². The zero-order valence-corrected chi connectivity index (χ0v) is 19.5. The predicted octanol–water partition coefficient (Wildman–Crippen LogP) is 6.62. The number of nitrogens with zero attached hydrogens (tertiary/aromatic N) is 1. The van der Waals surface area contributed by atoms with Gasteiger partial charge in [-0.25, -0.2) is 4.79 Å². The third-order valence-corrected chi connectivity index (χ3v) is 6.12. The average molecular weight is 464 g/mol. The minimum atomic E-state index is -0.491. The van der Waals surface area contributed by atoms with Gasteiger partial charge in [0.2, 0.25) is 0 Å². The number of benzene rings is 2. The number of hydrogen-bond donors (Lipinski definition) is 0. The number of carbonyl (C=O) groups excluding carboxylic acids is 1. The van der Waals surface area contributed by atoms with Crippen molar-refractivity contribution >= 4 is 29.3 Å². The fraction of sp³-hybridized carbons (Fsp3) is 0.458. The van der Waals surface area contributed by atoms with Crippen molar-refractivity contribution in [2.45, 2.75) is 51.2 Å². The van der Waals surface area contributed by atoms with Crippen LogP contribution in [0.2, 0.25) is 10.0 Å². The molecule has 2 aromatic rings. The van der Waals surface area contributed by atoms with Gasteiger partial charge < -0.3 is 19.1 Å². The van der Waals surface area contributed by atoms with Crippen LogP contribution in [0.3, 0.4) is 0 Å². The van der Waals surface area contributed by atoms with E-state index in [1.807, 2.05) is 39.0 Å². The number of piperidine rings is 1. The maximum Gasteiger partial charge on any atom is 0.410 e. The van der Waals surface area contributed by atoms with Gasteiger partial charge in [-0.2, -0.15) is 0 Å². The second-order valence-electron chi connectivity index (χ2n) is 9.00. The first-order chi connectivity index (χ1) is 14.7. The van der Waals surface area contributed by atoms with Crippen LogP contribution in [-0.4, -0.2) is 36.3 Å². The Hall–Kier alpha value is -2.11. The van der Waals surface area contributed by atoms with Crippen molar-refractivity contribution in [3.8, 4) is 11.5 Å². The molecule has 0 unspecified atom stereocenters. The third kappa shape index (κ3) is 5.04. The van der Waals surface area contributed by atoms with Crippen LogP contribution < -0.4 is 9.47 Å². The number of para-hydroxylation sites is 1. The van der Waals surface area contributed by atoms with Crippen LogP contribution in [0.1, 0.15) is 56.8 Å². The van der Waals surface area contributed by atoms with E-state index in [1.54, 1.807) is 17.0 Å². The summed E-state index contributed by atoms with van der Waals surface area (Å²) in [7, 11) is 0. The smallest absolute Gasteiger partial charge is 0.410 e. The minimum absolute atomic E-state index is 0.252. The summed E-state index contributed by atoms with van der Waals surface area (Å²) >= 11 is 12.4. The Bertz CT molecular complexity index is 965. The summed E-state index contributed by atoms with van der Waals surface area (Å²) in [5.41, 5.74) is 1.47. The first kappa shape index (κ1) is 22.1. The fourth-order valence-electron chi connectivity index (χ4n) is 4.05. The van der Waals surface area contributed by atoms with Gasteiger partial charge in [0.05, 0.1) is 0 Å². The quantitative estimate of drug-likeness (QED) is 0.501. The highest BCUT2D eigenvalue weighted by Gasteiger charge is 2.32. The first-order valence-electron chi connectivity index (χ1n) is 10.6. The lowest BCUT2D eigenvalue weighted by atomic mass is 9.88. The molecule has 31 heavy (non-hydrogen) atoms. The van der Waals surface area contributed by atoms with Crippen LogP contribution in [0, 0.1) is 0 Å². The highest BCUT2D eigenvalue weighted by molar-refractivity contribution is 6.35. The Morgan fingerprint density at radius 1 is 1.10 bits per heavy atom. The Morgan fingerprint density at radius 3 is 2.52 bits per heavy atom. The number of hydrogen-bond acceptors (Lipinski definition) is 4. The summed E-state index contributed by atoms with van der Waals surface area (Å²) in [5, 5.41) is 1.15. The molecule has 0 aromatic heterocycles. The van der Waals surface area contributed by atoms with Crippen molar-refractivity contribution in [2.24, 2.45) is 0 Å². The maximum atomic E-state index is 12.4. The molecule has 4 rings (SSSR count). The number of fused-ring (bicyclic) bond motifs is 1. The molecular formula is C24H27Cl2NO4. The van der Waals surface area contributed by atoms with Crippen LogP contribution in [0.4, 0.5) is 4.79 Å². The van der Waals surface area contributed by atoms with Gasteiger partial charge in [0.1, 0.15) is 12.2 Å². The van der Waals surface area contributed by atoms with E-state index in [0.29, 0.717) is 29.7 Å². The molecule has 1 saturated heterocycles. The highest BCUT2D eigenvalue weighted by atomic mass is 35.5. The van der Waals surface area contributed by atoms with E-state index < -0.39 is 5.60 Å². The van der Waals surface area contributed by atoms with Crippen LogP contribution in [-0.2, 0) is 4.74 Å². The lowest BCUT2D eigenvalue weighted by Crippen LogP contribution is -2.41. The SMILES string of the molecule is CC(C)(C)OC(=O)N1CCC(c2cccc3c2O[C@H](c2ccc(Cl)cc2Cl)CO3)CC1. The molecule has 2 aliphatic heterocycles. The number of halogens is 2. The summed E-state index contributed by atoms with van der Waals surface area (Å²) in [4.78, 5) is 14.2. The number of carbonyl (C=O) groups is 1. The number of amides is 1. The molecule has 7 heteroatoms. The summed E-state index contributed by atoms with van der Waals surface area (Å²) < 4.78 is 17.9. The normalized spacial score (nSPS) is 19.3. The zero-order chi connectivity index (χ0) is 22.2. The van der Waals surface area contributed by atoms with Crippen molar-refractivity contribution < 1.29 is 19.0 Å². The molecule has 0 N–H and O–H groups in total. The van der Waals surface area contributed by atoms with Gasteiger partial charge in [0, 0.05) is 34.3 Å². The van der Waals surface area contributed by atoms with Crippen molar-refractivity contribution in [1.82, 2.24) is 4.90 Å². The molecule has 0 spiro atoms. The van der Waals surface area contributed by atoms with Crippen molar-refractivity contribution in [3.05, 3.63) is 57.6 Å². The van der Waals surface area contributed by atoms with Gasteiger partial charge in [0.15, 0.2) is 17.6 Å². The average Bonchev–Trinajstić information content (AvgIpc) is 2.72. The van der Waals surface area contributed by atoms with Gasteiger partial charge >= 0.3 is 6.09 Å². The molecule has 0 saturated carbocycles. The fourth-order valence-corrected chi connectivity index (χ4v) is 4.58. The van der Waals surface area contributed by atoms with Crippen LogP contribution >= 0.6 is 23.2 Å². The molecule has 0 bridgehead atoms. The van der Waals surface area contributed by atoms with Crippen LogP contribution in [0.15, 0.2) is 36.4 Å². The lowest BCUT2D eigenvalue weighted by Gasteiger charge is -2.35. The lowest BCUT2D eigenvalue weighted by molar-refractivity contribution is 0.0203. The molecule has 0 radical (unpaired) electrons. The Morgan fingerprint density at radius 2 is 1.84 bits per heavy atom.